The van der Waals surface area contributed by atoms with Crippen molar-refractivity contribution in [1.82, 2.24) is 24.5 Å². The van der Waals surface area contributed by atoms with Crippen LogP contribution in [-0.4, -0.2) is 30.5 Å². The molecule has 3 aromatic heterocycles. The van der Waals surface area contributed by atoms with Gasteiger partial charge in [0.25, 0.3) is 11.5 Å². The maximum absolute atomic E-state index is 14.9. The van der Waals surface area contributed by atoms with E-state index in [0.717, 1.165) is 10.7 Å². The third-order valence-electron chi connectivity index (χ3n) is 5.21. The lowest BCUT2D eigenvalue weighted by atomic mass is 10.2. The van der Waals surface area contributed by atoms with Crippen molar-refractivity contribution >= 4 is 45.2 Å². The highest BCUT2D eigenvalue weighted by atomic mass is 127. The molecular formula is C24H15F2IN6O3. The fourth-order valence-corrected chi connectivity index (χ4v) is 4.35. The maximum atomic E-state index is 14.9. The van der Waals surface area contributed by atoms with Crippen LogP contribution in [-0.2, 0) is 7.05 Å². The second kappa shape index (κ2) is 9.45. The smallest absolute Gasteiger partial charge is 0.284 e. The zero-order valence-electron chi connectivity index (χ0n) is 18.4. The van der Waals surface area contributed by atoms with Crippen molar-refractivity contribution in [3.05, 3.63) is 98.2 Å². The SMILES string of the molecule is Cn1nc(I)c2c(Oc3ccc(NC(=O)c4ccnn(-c5ccc(F)cc5)c4=O)cc3F)ccnc21. The third kappa shape index (κ3) is 4.42. The number of benzene rings is 2. The van der Waals surface area contributed by atoms with Crippen molar-refractivity contribution in [3.8, 4) is 17.2 Å². The molecule has 1 N–H and O–H groups in total. The van der Waals surface area contributed by atoms with Crippen LogP contribution in [0.25, 0.3) is 16.7 Å². The molecule has 0 saturated heterocycles. The van der Waals surface area contributed by atoms with Crippen molar-refractivity contribution in [2.24, 2.45) is 7.05 Å². The van der Waals surface area contributed by atoms with Crippen molar-refractivity contribution in [3.63, 3.8) is 0 Å². The van der Waals surface area contributed by atoms with Gasteiger partial charge in [-0.05, 0) is 65.1 Å². The van der Waals surface area contributed by atoms with Gasteiger partial charge in [-0.25, -0.2) is 18.4 Å². The summed E-state index contributed by atoms with van der Waals surface area (Å²) in [7, 11) is 1.75. The number of aryl methyl sites for hydroxylation is 1. The Morgan fingerprint density at radius 3 is 2.56 bits per heavy atom. The van der Waals surface area contributed by atoms with Crippen molar-refractivity contribution in [1.29, 1.82) is 0 Å². The van der Waals surface area contributed by atoms with Crippen molar-refractivity contribution < 1.29 is 18.3 Å². The molecule has 0 fully saturated rings. The highest BCUT2D eigenvalue weighted by Gasteiger charge is 2.17. The van der Waals surface area contributed by atoms with Crippen LogP contribution in [0.1, 0.15) is 10.4 Å². The van der Waals surface area contributed by atoms with E-state index in [1.807, 2.05) is 22.6 Å². The summed E-state index contributed by atoms with van der Waals surface area (Å²) in [5.41, 5.74) is 0.0577. The molecule has 0 aliphatic carbocycles. The van der Waals surface area contributed by atoms with Gasteiger partial charge in [-0.2, -0.15) is 14.9 Å². The highest BCUT2D eigenvalue weighted by molar-refractivity contribution is 14.1. The summed E-state index contributed by atoms with van der Waals surface area (Å²) in [6.07, 6.45) is 2.81. The lowest BCUT2D eigenvalue weighted by molar-refractivity contribution is 0.102. The summed E-state index contributed by atoms with van der Waals surface area (Å²) >= 11 is 2.05. The van der Waals surface area contributed by atoms with Gasteiger partial charge in [0.2, 0.25) is 0 Å². The van der Waals surface area contributed by atoms with E-state index in [4.69, 9.17) is 4.74 Å². The summed E-state index contributed by atoms with van der Waals surface area (Å²) in [5.74, 6) is -1.64. The normalized spacial score (nSPS) is 11.0. The van der Waals surface area contributed by atoms with Gasteiger partial charge >= 0.3 is 0 Å². The molecule has 0 unspecified atom stereocenters. The van der Waals surface area contributed by atoms with Gasteiger partial charge in [0.05, 0.1) is 11.1 Å². The number of carbonyl (C=O) groups is 1. The number of hydrogen-bond donors (Lipinski definition) is 1. The second-order valence-corrected chi connectivity index (χ2v) is 8.58. The van der Waals surface area contributed by atoms with Gasteiger partial charge < -0.3 is 10.1 Å². The molecule has 180 valence electrons. The molecule has 0 aliphatic heterocycles. The van der Waals surface area contributed by atoms with Crippen LogP contribution in [0.5, 0.6) is 11.5 Å². The Labute approximate surface area is 215 Å². The molecular weight excluding hydrogens is 585 g/mol. The summed E-state index contributed by atoms with van der Waals surface area (Å²) in [5, 5.41) is 11.4. The number of aromatic nitrogens is 5. The van der Waals surface area contributed by atoms with E-state index in [2.05, 4.69) is 20.5 Å². The topological polar surface area (TPSA) is 104 Å². The fraction of sp³-hybridized carbons (Fsp3) is 0.0417. The molecule has 2 aromatic carbocycles. The van der Waals surface area contributed by atoms with Crippen LogP contribution in [0.15, 0.2) is 71.8 Å². The molecule has 0 radical (unpaired) electrons. The Hall–Kier alpha value is -4.20. The molecule has 36 heavy (non-hydrogen) atoms. The van der Waals surface area contributed by atoms with E-state index in [-0.39, 0.29) is 22.7 Å². The maximum Gasteiger partial charge on any atom is 0.284 e. The van der Waals surface area contributed by atoms with Crippen LogP contribution < -0.4 is 15.6 Å². The number of nitrogens with zero attached hydrogens (tertiary/aromatic N) is 5. The van der Waals surface area contributed by atoms with E-state index < -0.39 is 23.1 Å². The predicted octanol–water partition coefficient (Wildman–Crippen LogP) is 4.44. The van der Waals surface area contributed by atoms with Gasteiger partial charge in [0, 0.05) is 37.3 Å². The Balaban J connectivity index is 1.38. The van der Waals surface area contributed by atoms with Gasteiger partial charge in [-0.15, -0.1) is 0 Å². The third-order valence-corrected chi connectivity index (χ3v) is 5.97. The molecule has 5 rings (SSSR count). The average molecular weight is 600 g/mol. The molecule has 12 heteroatoms. The quantitative estimate of drug-likeness (QED) is 0.300. The van der Waals surface area contributed by atoms with Gasteiger partial charge in [0.1, 0.15) is 20.8 Å². The van der Waals surface area contributed by atoms with Crippen LogP contribution in [0.4, 0.5) is 14.5 Å². The first-order chi connectivity index (χ1) is 17.3. The second-order valence-electron chi connectivity index (χ2n) is 7.56. The zero-order valence-corrected chi connectivity index (χ0v) is 20.6. The van der Waals surface area contributed by atoms with Crippen molar-refractivity contribution in [2.45, 2.75) is 0 Å². The lowest BCUT2D eigenvalue weighted by Crippen LogP contribution is -2.29. The molecule has 9 nitrogen and oxygen atoms in total. The summed E-state index contributed by atoms with van der Waals surface area (Å²) < 4.78 is 37.1. The molecule has 5 aromatic rings. The highest BCUT2D eigenvalue weighted by Crippen LogP contribution is 2.33. The predicted molar refractivity (Wildman–Crippen MR) is 135 cm³/mol. The number of fused-ring (bicyclic) bond motifs is 1. The minimum Gasteiger partial charge on any atom is -0.453 e. The number of hydrogen-bond acceptors (Lipinski definition) is 6. The number of nitrogens with one attached hydrogen (secondary N) is 1. The molecule has 0 bridgehead atoms. The summed E-state index contributed by atoms with van der Waals surface area (Å²) in [4.78, 5) is 29.8. The first-order valence-electron chi connectivity index (χ1n) is 10.4. The summed E-state index contributed by atoms with van der Waals surface area (Å²) in [6.45, 7) is 0. The van der Waals surface area contributed by atoms with Crippen molar-refractivity contribution in [2.75, 3.05) is 5.32 Å². The van der Waals surface area contributed by atoms with Crippen LogP contribution in [0.3, 0.4) is 0 Å². The Morgan fingerprint density at radius 1 is 1.03 bits per heavy atom. The number of carbonyl (C=O) groups excluding carboxylic acids is 1. The number of ether oxygens (including phenoxy) is 1. The number of amides is 1. The molecule has 1 amide bonds. The largest absolute Gasteiger partial charge is 0.453 e. The van der Waals surface area contributed by atoms with Gasteiger partial charge in [-0.1, -0.05) is 0 Å². The minimum absolute atomic E-state index is 0.0669. The van der Waals surface area contributed by atoms with Crippen LogP contribution >= 0.6 is 22.6 Å². The first-order valence-corrected chi connectivity index (χ1v) is 11.5. The van der Waals surface area contributed by atoms with E-state index in [0.29, 0.717) is 20.5 Å². The molecule has 0 atom stereocenters. The standard InChI is InChI=1S/C24H15F2IN6O3/c1-32-22-20(21(27)31-32)19(9-10-28-22)36-18-7-4-14(12-17(18)26)30-23(34)16-8-11-29-33(24(16)35)15-5-2-13(25)3-6-15/h2-12H,1H3,(H,30,34). The molecule has 0 spiro atoms. The summed E-state index contributed by atoms with van der Waals surface area (Å²) in [6, 6.07) is 11.8. The van der Waals surface area contributed by atoms with Gasteiger partial charge in [-0.3, -0.25) is 9.59 Å². The number of rotatable bonds is 5. The molecule has 0 aliphatic rings. The Kier molecular flexibility index (Phi) is 6.18. The lowest BCUT2D eigenvalue weighted by Gasteiger charge is -2.11. The van der Waals surface area contributed by atoms with E-state index >= 15 is 0 Å². The fourth-order valence-electron chi connectivity index (χ4n) is 3.52. The minimum atomic E-state index is -0.757. The van der Waals surface area contributed by atoms with E-state index in [1.54, 1.807) is 17.8 Å². The monoisotopic (exact) mass is 600 g/mol. The molecule has 0 saturated carbocycles. The number of anilines is 1. The Bertz CT molecular complexity index is 1680. The number of pyridine rings is 1. The van der Waals surface area contributed by atoms with Crippen LogP contribution in [0, 0.1) is 15.3 Å². The van der Waals surface area contributed by atoms with Crippen LogP contribution in [0.2, 0.25) is 0 Å². The number of halogens is 3. The van der Waals surface area contributed by atoms with E-state index in [1.165, 1.54) is 54.9 Å². The zero-order chi connectivity index (χ0) is 25.4. The first kappa shape index (κ1) is 23.5. The average Bonchev–Trinajstić information content (AvgIpc) is 3.15. The molecule has 3 heterocycles. The Morgan fingerprint density at radius 2 is 1.81 bits per heavy atom. The van der Waals surface area contributed by atoms with Gasteiger partial charge in [0.15, 0.2) is 17.2 Å². The van der Waals surface area contributed by atoms with E-state index in [9.17, 15) is 18.4 Å².